The molecule has 2 rings (SSSR count). The van der Waals surface area contributed by atoms with Crippen LogP contribution < -0.4 is 10.6 Å². The standard InChI is InChI=1S/C16H23ClN2/c1-3-18-12(2)13-8-9-14(15(17)11-13)16-7-5-4-6-10-19-16/h8-9,11,16,18-19H,2-7,10H2,1H3. The van der Waals surface area contributed by atoms with Gasteiger partial charge in [-0.15, -0.1) is 0 Å². The first-order valence-corrected chi connectivity index (χ1v) is 7.56. The smallest absolute Gasteiger partial charge is 0.0460 e. The Kier molecular flexibility index (Phi) is 5.29. The molecule has 2 nitrogen and oxygen atoms in total. The van der Waals surface area contributed by atoms with E-state index >= 15 is 0 Å². The van der Waals surface area contributed by atoms with Crippen molar-refractivity contribution in [2.24, 2.45) is 0 Å². The number of halogens is 1. The minimum atomic E-state index is 0.399. The molecule has 3 heteroatoms. The molecule has 2 N–H and O–H groups in total. The van der Waals surface area contributed by atoms with Gasteiger partial charge in [-0.2, -0.15) is 0 Å². The zero-order valence-corrected chi connectivity index (χ0v) is 12.4. The largest absolute Gasteiger partial charge is 0.385 e. The maximum Gasteiger partial charge on any atom is 0.0460 e. The second-order valence-corrected chi connectivity index (χ2v) is 5.51. The summed E-state index contributed by atoms with van der Waals surface area (Å²) in [6.45, 7) is 8.06. The molecule has 104 valence electrons. The Hall–Kier alpha value is -0.990. The van der Waals surface area contributed by atoms with Gasteiger partial charge in [-0.05, 0) is 43.5 Å². The Morgan fingerprint density at radius 1 is 1.42 bits per heavy atom. The second-order valence-electron chi connectivity index (χ2n) is 5.10. The van der Waals surface area contributed by atoms with Crippen LogP contribution >= 0.6 is 11.6 Å². The highest BCUT2D eigenvalue weighted by Gasteiger charge is 2.16. The van der Waals surface area contributed by atoms with Gasteiger partial charge in [0.05, 0.1) is 0 Å². The molecule has 1 atom stereocenters. The van der Waals surface area contributed by atoms with Gasteiger partial charge in [0.15, 0.2) is 0 Å². The average molecular weight is 279 g/mol. The molecule has 1 aliphatic rings. The van der Waals surface area contributed by atoms with Crippen molar-refractivity contribution in [1.82, 2.24) is 10.6 Å². The van der Waals surface area contributed by atoms with E-state index in [2.05, 4.69) is 36.3 Å². The Bertz CT molecular complexity index is 434. The molecule has 1 aliphatic heterocycles. The molecule has 0 aromatic heterocycles. The van der Waals surface area contributed by atoms with Crippen LogP contribution in [0.15, 0.2) is 24.8 Å². The lowest BCUT2D eigenvalue weighted by Gasteiger charge is -2.19. The van der Waals surface area contributed by atoms with Crippen molar-refractivity contribution in [2.75, 3.05) is 13.1 Å². The normalized spacial score (nSPS) is 19.8. The molecule has 1 heterocycles. The molecule has 0 spiro atoms. The average Bonchev–Trinajstić information content (AvgIpc) is 2.67. The van der Waals surface area contributed by atoms with Gasteiger partial charge in [0, 0.05) is 23.3 Å². The number of benzene rings is 1. The number of hydrogen-bond acceptors (Lipinski definition) is 2. The third-order valence-corrected chi connectivity index (χ3v) is 4.00. The van der Waals surface area contributed by atoms with Crippen LogP contribution in [0.2, 0.25) is 5.02 Å². The summed E-state index contributed by atoms with van der Waals surface area (Å²) in [5.74, 6) is 0. The van der Waals surface area contributed by atoms with Crippen molar-refractivity contribution in [3.63, 3.8) is 0 Å². The van der Waals surface area contributed by atoms with Crippen LogP contribution in [0.5, 0.6) is 0 Å². The molecular formula is C16H23ClN2. The van der Waals surface area contributed by atoms with Gasteiger partial charge < -0.3 is 10.6 Å². The minimum Gasteiger partial charge on any atom is -0.385 e. The lowest BCUT2D eigenvalue weighted by Crippen LogP contribution is -2.20. The van der Waals surface area contributed by atoms with Crippen molar-refractivity contribution in [1.29, 1.82) is 0 Å². The van der Waals surface area contributed by atoms with Crippen LogP contribution in [0, 0.1) is 0 Å². The van der Waals surface area contributed by atoms with Gasteiger partial charge in [-0.25, -0.2) is 0 Å². The van der Waals surface area contributed by atoms with E-state index in [1.54, 1.807) is 0 Å². The molecule has 19 heavy (non-hydrogen) atoms. The summed E-state index contributed by atoms with van der Waals surface area (Å²) in [7, 11) is 0. The topological polar surface area (TPSA) is 24.1 Å². The fourth-order valence-electron chi connectivity index (χ4n) is 2.61. The number of nitrogens with one attached hydrogen (secondary N) is 2. The number of hydrogen-bond donors (Lipinski definition) is 2. The Labute approximate surface area is 121 Å². The molecule has 1 aromatic carbocycles. The fraction of sp³-hybridized carbons (Fsp3) is 0.500. The summed E-state index contributed by atoms with van der Waals surface area (Å²) in [6, 6.07) is 6.67. The Balaban J connectivity index is 2.16. The molecule has 1 fully saturated rings. The van der Waals surface area contributed by atoms with E-state index in [1.807, 2.05) is 6.07 Å². The van der Waals surface area contributed by atoms with E-state index in [4.69, 9.17) is 11.6 Å². The quantitative estimate of drug-likeness (QED) is 0.865. The molecule has 0 bridgehead atoms. The van der Waals surface area contributed by atoms with E-state index in [0.717, 1.165) is 29.4 Å². The van der Waals surface area contributed by atoms with Crippen LogP contribution in [-0.2, 0) is 0 Å². The molecule has 0 radical (unpaired) electrons. The lowest BCUT2D eigenvalue weighted by molar-refractivity contribution is 0.535. The molecule has 0 amide bonds. The van der Waals surface area contributed by atoms with E-state index < -0.39 is 0 Å². The van der Waals surface area contributed by atoms with Crippen molar-refractivity contribution >= 4 is 17.3 Å². The van der Waals surface area contributed by atoms with Gasteiger partial charge in [0.1, 0.15) is 0 Å². The SMILES string of the molecule is C=C(NCC)c1ccc(C2CCCCCN2)c(Cl)c1. The van der Waals surface area contributed by atoms with Crippen molar-refractivity contribution in [3.05, 3.63) is 40.9 Å². The summed E-state index contributed by atoms with van der Waals surface area (Å²) in [6.07, 6.45) is 5.03. The molecule has 0 aliphatic carbocycles. The van der Waals surface area contributed by atoms with Gasteiger partial charge in [-0.1, -0.05) is 43.2 Å². The zero-order valence-electron chi connectivity index (χ0n) is 11.6. The van der Waals surface area contributed by atoms with Crippen LogP contribution in [-0.4, -0.2) is 13.1 Å². The Morgan fingerprint density at radius 3 is 3.00 bits per heavy atom. The van der Waals surface area contributed by atoms with Gasteiger partial charge in [-0.3, -0.25) is 0 Å². The maximum atomic E-state index is 6.45. The third kappa shape index (κ3) is 3.74. The highest BCUT2D eigenvalue weighted by molar-refractivity contribution is 6.31. The van der Waals surface area contributed by atoms with E-state index in [-0.39, 0.29) is 0 Å². The van der Waals surface area contributed by atoms with E-state index in [1.165, 1.54) is 31.2 Å². The monoisotopic (exact) mass is 278 g/mol. The zero-order chi connectivity index (χ0) is 13.7. The third-order valence-electron chi connectivity index (χ3n) is 3.67. The predicted octanol–water partition coefficient (Wildman–Crippen LogP) is 4.12. The van der Waals surface area contributed by atoms with Crippen molar-refractivity contribution in [3.8, 4) is 0 Å². The first-order chi connectivity index (χ1) is 9.22. The van der Waals surface area contributed by atoms with Crippen molar-refractivity contribution < 1.29 is 0 Å². The van der Waals surface area contributed by atoms with Crippen LogP contribution in [0.3, 0.4) is 0 Å². The Morgan fingerprint density at radius 2 is 2.26 bits per heavy atom. The highest BCUT2D eigenvalue weighted by atomic mass is 35.5. The van der Waals surface area contributed by atoms with Gasteiger partial charge in [0.2, 0.25) is 0 Å². The summed E-state index contributed by atoms with van der Waals surface area (Å²) < 4.78 is 0. The van der Waals surface area contributed by atoms with E-state index in [0.29, 0.717) is 6.04 Å². The molecule has 1 unspecified atom stereocenters. The summed E-state index contributed by atoms with van der Waals surface area (Å²) >= 11 is 6.45. The van der Waals surface area contributed by atoms with Crippen LogP contribution in [0.1, 0.15) is 49.8 Å². The summed E-state index contributed by atoms with van der Waals surface area (Å²) in [5.41, 5.74) is 3.23. The minimum absolute atomic E-state index is 0.399. The molecule has 0 saturated carbocycles. The van der Waals surface area contributed by atoms with Crippen LogP contribution in [0.4, 0.5) is 0 Å². The van der Waals surface area contributed by atoms with Crippen LogP contribution in [0.25, 0.3) is 5.70 Å². The maximum absolute atomic E-state index is 6.45. The fourth-order valence-corrected chi connectivity index (χ4v) is 2.92. The lowest BCUT2D eigenvalue weighted by atomic mass is 10.00. The molecule has 1 aromatic rings. The van der Waals surface area contributed by atoms with Gasteiger partial charge >= 0.3 is 0 Å². The van der Waals surface area contributed by atoms with Crippen molar-refractivity contribution in [2.45, 2.75) is 38.6 Å². The first-order valence-electron chi connectivity index (χ1n) is 7.18. The number of rotatable bonds is 4. The van der Waals surface area contributed by atoms with E-state index in [9.17, 15) is 0 Å². The summed E-state index contributed by atoms with van der Waals surface area (Å²) in [5, 5.41) is 7.66. The van der Waals surface area contributed by atoms with Gasteiger partial charge in [0.25, 0.3) is 0 Å². The molecule has 1 saturated heterocycles. The highest BCUT2D eigenvalue weighted by Crippen LogP contribution is 2.30. The predicted molar refractivity (Wildman–Crippen MR) is 83.4 cm³/mol. The second kappa shape index (κ2) is 6.97. The summed E-state index contributed by atoms with van der Waals surface area (Å²) in [4.78, 5) is 0. The molecular weight excluding hydrogens is 256 g/mol. The first kappa shape index (κ1) is 14.4.